The number of aryl methyl sites for hydroxylation is 1. The van der Waals surface area contributed by atoms with E-state index in [1.54, 1.807) is 29.7 Å². The highest BCUT2D eigenvalue weighted by Gasteiger charge is 2.41. The topological polar surface area (TPSA) is 48.4 Å². The van der Waals surface area contributed by atoms with Crippen molar-refractivity contribution in [3.05, 3.63) is 76.2 Å². The van der Waals surface area contributed by atoms with Crippen LogP contribution in [0.5, 0.6) is 5.75 Å². The van der Waals surface area contributed by atoms with Crippen LogP contribution >= 0.6 is 23.6 Å². The third-order valence-electron chi connectivity index (χ3n) is 4.28. The first kappa shape index (κ1) is 16.1. The average molecular weight is 367 g/mol. The third kappa shape index (κ3) is 2.99. The summed E-state index contributed by atoms with van der Waals surface area (Å²) in [5.41, 5.74) is 1.91. The fraction of sp³-hybridized carbons (Fsp3) is 0.158. The second-order valence-corrected chi connectivity index (χ2v) is 7.67. The lowest BCUT2D eigenvalue weighted by Crippen LogP contribution is -2.28. The molecule has 0 aliphatic carbocycles. The zero-order chi connectivity index (χ0) is 17.4. The molecule has 25 heavy (non-hydrogen) atoms. The number of benzene rings is 1. The lowest BCUT2D eigenvalue weighted by molar-refractivity contribution is 0.475. The number of rotatable bonds is 3. The van der Waals surface area contributed by atoms with E-state index in [0.29, 0.717) is 5.11 Å². The number of anilines is 1. The number of thiophene rings is 1. The number of phenolic OH excluding ortho intramolecular Hbond substituents is 1. The molecule has 1 aromatic carbocycles. The molecule has 0 radical (unpaired) electrons. The number of nitrogens with zero attached hydrogens (tertiary/aromatic N) is 2. The number of aromatic nitrogens is 1. The molecule has 0 spiro atoms. The van der Waals surface area contributed by atoms with Gasteiger partial charge >= 0.3 is 0 Å². The quantitative estimate of drug-likeness (QED) is 0.675. The zero-order valence-corrected chi connectivity index (χ0v) is 15.2. The van der Waals surface area contributed by atoms with E-state index in [-0.39, 0.29) is 17.8 Å². The summed E-state index contributed by atoms with van der Waals surface area (Å²) in [7, 11) is 0. The monoisotopic (exact) mass is 367 g/mol. The highest BCUT2D eigenvalue weighted by Crippen LogP contribution is 2.43. The van der Waals surface area contributed by atoms with E-state index in [1.807, 2.05) is 30.3 Å². The summed E-state index contributed by atoms with van der Waals surface area (Å²) in [6.07, 6.45) is 1.81. The Kier molecular flexibility index (Phi) is 4.15. The van der Waals surface area contributed by atoms with Crippen molar-refractivity contribution in [2.75, 3.05) is 4.90 Å². The molecular weight excluding hydrogens is 350 g/mol. The maximum absolute atomic E-state index is 9.61. The van der Waals surface area contributed by atoms with Crippen LogP contribution in [-0.2, 0) is 0 Å². The molecule has 2 atom stereocenters. The van der Waals surface area contributed by atoms with Gasteiger partial charge in [-0.1, -0.05) is 6.07 Å². The average Bonchev–Trinajstić information content (AvgIpc) is 3.20. The van der Waals surface area contributed by atoms with Gasteiger partial charge in [0, 0.05) is 21.6 Å². The Morgan fingerprint density at radius 3 is 2.56 bits per heavy atom. The fourth-order valence-electron chi connectivity index (χ4n) is 3.15. The molecule has 126 valence electrons. The molecule has 1 saturated heterocycles. The highest BCUT2D eigenvalue weighted by molar-refractivity contribution is 7.80. The maximum atomic E-state index is 9.61. The number of hydrogen-bond acceptors (Lipinski definition) is 4. The minimum Gasteiger partial charge on any atom is -0.508 e. The van der Waals surface area contributed by atoms with Crippen molar-refractivity contribution in [3.63, 3.8) is 0 Å². The molecule has 6 heteroatoms. The van der Waals surface area contributed by atoms with Crippen LogP contribution in [-0.4, -0.2) is 15.2 Å². The zero-order valence-electron chi connectivity index (χ0n) is 13.6. The predicted octanol–water partition coefficient (Wildman–Crippen LogP) is 4.33. The van der Waals surface area contributed by atoms with E-state index >= 15 is 0 Å². The van der Waals surface area contributed by atoms with Crippen LogP contribution in [0.4, 0.5) is 5.69 Å². The van der Waals surface area contributed by atoms with Gasteiger partial charge in [0.05, 0.1) is 17.8 Å². The van der Waals surface area contributed by atoms with E-state index in [9.17, 15) is 5.11 Å². The van der Waals surface area contributed by atoms with Crippen molar-refractivity contribution in [2.24, 2.45) is 0 Å². The molecular formula is C19H17N3OS2. The van der Waals surface area contributed by atoms with Crippen LogP contribution in [0.15, 0.2) is 60.8 Å². The summed E-state index contributed by atoms with van der Waals surface area (Å²) in [5, 5.41) is 13.7. The predicted molar refractivity (Wildman–Crippen MR) is 105 cm³/mol. The summed E-state index contributed by atoms with van der Waals surface area (Å²) in [4.78, 5) is 9.14. The largest absolute Gasteiger partial charge is 0.508 e. The van der Waals surface area contributed by atoms with E-state index < -0.39 is 0 Å². The van der Waals surface area contributed by atoms with Gasteiger partial charge in [0.25, 0.3) is 0 Å². The smallest absolute Gasteiger partial charge is 0.174 e. The molecule has 0 saturated carbocycles. The number of aromatic hydroxyl groups is 1. The number of nitrogens with one attached hydrogen (secondary N) is 1. The Morgan fingerprint density at radius 2 is 1.92 bits per heavy atom. The first-order chi connectivity index (χ1) is 12.1. The van der Waals surface area contributed by atoms with Crippen molar-refractivity contribution >= 4 is 34.4 Å². The molecule has 4 rings (SSSR count). The molecule has 3 heterocycles. The molecule has 1 aliphatic heterocycles. The lowest BCUT2D eigenvalue weighted by Gasteiger charge is -2.26. The second-order valence-electron chi connectivity index (χ2n) is 5.96. The summed E-state index contributed by atoms with van der Waals surface area (Å²) in [6, 6.07) is 17.3. The molecule has 1 aliphatic rings. The van der Waals surface area contributed by atoms with E-state index in [4.69, 9.17) is 12.2 Å². The Hall–Kier alpha value is -2.44. The molecule has 2 aromatic heterocycles. The Morgan fingerprint density at radius 1 is 1.12 bits per heavy atom. The van der Waals surface area contributed by atoms with Crippen molar-refractivity contribution in [3.8, 4) is 5.75 Å². The van der Waals surface area contributed by atoms with Crippen molar-refractivity contribution in [1.82, 2.24) is 10.3 Å². The standard InChI is InChI=1S/C19H17N3OS2/c1-12-5-10-16(25-12)18-17(15-4-2-3-11-20-15)21-19(24)22(18)13-6-8-14(23)9-7-13/h2-11,17-18,23H,1H3,(H,21,24). The lowest BCUT2D eigenvalue weighted by atomic mass is 10.0. The van der Waals surface area contributed by atoms with Crippen molar-refractivity contribution in [2.45, 2.75) is 19.0 Å². The van der Waals surface area contributed by atoms with Crippen molar-refractivity contribution < 1.29 is 5.11 Å². The number of hydrogen-bond donors (Lipinski definition) is 2. The van der Waals surface area contributed by atoms with Crippen LogP contribution in [0.2, 0.25) is 0 Å². The van der Waals surface area contributed by atoms with Crippen molar-refractivity contribution in [1.29, 1.82) is 0 Å². The van der Waals surface area contributed by atoms with Gasteiger partial charge in [-0.05, 0) is 67.7 Å². The van der Waals surface area contributed by atoms with Gasteiger partial charge in [0.2, 0.25) is 0 Å². The van der Waals surface area contributed by atoms with Crippen LogP contribution < -0.4 is 10.2 Å². The van der Waals surface area contributed by atoms with Gasteiger partial charge in [-0.15, -0.1) is 11.3 Å². The summed E-state index contributed by atoms with van der Waals surface area (Å²) < 4.78 is 0. The number of thiocarbonyl (C=S) groups is 1. The summed E-state index contributed by atoms with van der Waals surface area (Å²) >= 11 is 7.41. The molecule has 3 aromatic rings. The van der Waals surface area contributed by atoms with Gasteiger partial charge in [-0.3, -0.25) is 4.98 Å². The molecule has 2 N–H and O–H groups in total. The Labute approximate surface area is 155 Å². The van der Waals surface area contributed by atoms with Crippen LogP contribution in [0.3, 0.4) is 0 Å². The highest BCUT2D eigenvalue weighted by atomic mass is 32.1. The van der Waals surface area contributed by atoms with Gasteiger partial charge < -0.3 is 15.3 Å². The van der Waals surface area contributed by atoms with Crippen LogP contribution in [0.1, 0.15) is 27.5 Å². The second kappa shape index (κ2) is 6.46. The Bertz CT molecular complexity index is 893. The van der Waals surface area contributed by atoms with Gasteiger partial charge in [0.15, 0.2) is 5.11 Å². The third-order valence-corrected chi connectivity index (χ3v) is 5.66. The fourth-order valence-corrected chi connectivity index (χ4v) is 4.50. The summed E-state index contributed by atoms with van der Waals surface area (Å²) in [5.74, 6) is 0.242. The minimum absolute atomic E-state index is 0.0191. The van der Waals surface area contributed by atoms with E-state index in [1.165, 1.54) is 9.75 Å². The Balaban J connectivity index is 1.81. The SMILES string of the molecule is Cc1ccc(C2C(c3ccccn3)NC(=S)N2c2ccc(O)cc2)s1. The van der Waals surface area contributed by atoms with Gasteiger partial charge in [0.1, 0.15) is 5.75 Å². The first-order valence-electron chi connectivity index (χ1n) is 7.99. The van der Waals surface area contributed by atoms with E-state index in [2.05, 4.69) is 34.3 Å². The normalized spacial score (nSPS) is 19.9. The summed E-state index contributed by atoms with van der Waals surface area (Å²) in [6.45, 7) is 2.11. The minimum atomic E-state index is -0.0273. The maximum Gasteiger partial charge on any atom is 0.174 e. The molecule has 0 bridgehead atoms. The number of phenols is 1. The van der Waals surface area contributed by atoms with Crippen LogP contribution in [0.25, 0.3) is 0 Å². The molecule has 2 unspecified atom stereocenters. The van der Waals surface area contributed by atoms with Gasteiger partial charge in [-0.25, -0.2) is 0 Å². The van der Waals surface area contributed by atoms with Gasteiger partial charge in [-0.2, -0.15) is 0 Å². The first-order valence-corrected chi connectivity index (χ1v) is 9.22. The molecule has 1 fully saturated rings. The van der Waals surface area contributed by atoms with E-state index in [0.717, 1.165) is 11.4 Å². The number of pyridine rings is 1. The molecule has 0 amide bonds. The molecule has 4 nitrogen and oxygen atoms in total. The van der Waals surface area contributed by atoms with Crippen LogP contribution in [0, 0.1) is 6.92 Å².